The molecule has 2 amide bonds. The Bertz CT molecular complexity index is 205. The van der Waals surface area contributed by atoms with Gasteiger partial charge in [-0.15, -0.1) is 0 Å². The number of hydrogen-bond acceptors (Lipinski definition) is 3. The molecule has 0 aromatic heterocycles. The van der Waals surface area contributed by atoms with Crippen molar-refractivity contribution in [2.24, 2.45) is 5.73 Å². The molecule has 0 aliphatic carbocycles. The summed E-state index contributed by atoms with van der Waals surface area (Å²) in [6.45, 7) is 3.79. The average molecular weight is 231 g/mol. The van der Waals surface area contributed by atoms with Gasteiger partial charge >= 0.3 is 6.03 Å². The molecule has 0 saturated carbocycles. The van der Waals surface area contributed by atoms with Gasteiger partial charge in [0.1, 0.15) is 0 Å². The molecule has 1 unspecified atom stereocenters. The first kappa shape index (κ1) is 12.6. The van der Waals surface area contributed by atoms with Crippen LogP contribution in [0.1, 0.15) is 19.8 Å². The van der Waals surface area contributed by atoms with Crippen molar-refractivity contribution in [2.75, 3.05) is 25.1 Å². The van der Waals surface area contributed by atoms with Crippen LogP contribution in [0.2, 0.25) is 0 Å². The van der Waals surface area contributed by atoms with Gasteiger partial charge in [-0.25, -0.2) is 4.79 Å². The molecule has 0 aromatic carbocycles. The highest BCUT2D eigenvalue weighted by Gasteiger charge is 2.21. The highest BCUT2D eigenvalue weighted by atomic mass is 32.2. The number of likely N-dealkylation sites (tertiary alicyclic amines) is 1. The number of piperidine rings is 1. The van der Waals surface area contributed by atoms with Crippen LogP contribution in [0.4, 0.5) is 4.79 Å². The molecular formula is C10H21N3OS. The van der Waals surface area contributed by atoms with Crippen molar-refractivity contribution in [1.82, 2.24) is 10.2 Å². The second-order valence-electron chi connectivity index (χ2n) is 4.12. The summed E-state index contributed by atoms with van der Waals surface area (Å²) in [4.78, 5) is 12.6. The van der Waals surface area contributed by atoms with E-state index in [1.807, 2.05) is 11.8 Å². The quantitative estimate of drug-likeness (QED) is 0.755. The van der Waals surface area contributed by atoms with Crippen molar-refractivity contribution in [3.63, 3.8) is 0 Å². The molecule has 0 aromatic rings. The number of amides is 2. The van der Waals surface area contributed by atoms with Crippen LogP contribution >= 0.6 is 11.8 Å². The normalized spacial score (nSPS) is 20.3. The van der Waals surface area contributed by atoms with E-state index in [9.17, 15) is 4.79 Å². The minimum Gasteiger partial charge on any atom is -0.351 e. The maximum absolute atomic E-state index is 10.9. The summed E-state index contributed by atoms with van der Waals surface area (Å²) in [6.07, 6.45) is 4.15. The van der Waals surface area contributed by atoms with Crippen LogP contribution in [0, 0.1) is 0 Å². The second-order valence-corrected chi connectivity index (χ2v) is 5.03. The highest BCUT2D eigenvalue weighted by Crippen LogP contribution is 2.11. The monoisotopic (exact) mass is 231 g/mol. The molecule has 1 rings (SSSR count). The van der Waals surface area contributed by atoms with E-state index in [1.54, 1.807) is 4.90 Å². The van der Waals surface area contributed by atoms with E-state index in [2.05, 4.69) is 18.5 Å². The first-order valence-electron chi connectivity index (χ1n) is 5.43. The topological polar surface area (TPSA) is 58.4 Å². The Morgan fingerprint density at radius 2 is 2.20 bits per heavy atom. The third-order valence-corrected chi connectivity index (χ3v) is 3.58. The number of rotatable bonds is 4. The zero-order chi connectivity index (χ0) is 11.3. The molecule has 5 heteroatoms. The standard InChI is InChI=1S/C10H21N3OS/c1-8(7-15-2)12-9-3-5-13(6-4-9)10(11)14/h8-9,12H,3-7H2,1-2H3,(H2,11,14). The van der Waals surface area contributed by atoms with E-state index in [1.165, 1.54) is 0 Å². The molecule has 1 atom stereocenters. The van der Waals surface area contributed by atoms with E-state index < -0.39 is 0 Å². The van der Waals surface area contributed by atoms with E-state index >= 15 is 0 Å². The molecule has 88 valence electrons. The summed E-state index contributed by atoms with van der Waals surface area (Å²) in [5.41, 5.74) is 5.22. The van der Waals surface area contributed by atoms with Crippen molar-refractivity contribution in [1.29, 1.82) is 0 Å². The molecule has 1 fully saturated rings. The molecular weight excluding hydrogens is 210 g/mol. The summed E-state index contributed by atoms with van der Waals surface area (Å²) in [6, 6.07) is 0.804. The molecule has 1 saturated heterocycles. The summed E-state index contributed by atoms with van der Waals surface area (Å²) >= 11 is 1.86. The van der Waals surface area contributed by atoms with Crippen molar-refractivity contribution < 1.29 is 4.79 Å². The Morgan fingerprint density at radius 1 is 1.60 bits per heavy atom. The van der Waals surface area contributed by atoms with Crippen molar-refractivity contribution in [3.8, 4) is 0 Å². The molecule has 3 N–H and O–H groups in total. The van der Waals surface area contributed by atoms with Gasteiger partial charge in [0.15, 0.2) is 0 Å². The fraction of sp³-hybridized carbons (Fsp3) is 0.900. The van der Waals surface area contributed by atoms with Gasteiger partial charge < -0.3 is 16.0 Å². The van der Waals surface area contributed by atoms with E-state index in [-0.39, 0.29) is 6.03 Å². The summed E-state index contributed by atoms with van der Waals surface area (Å²) < 4.78 is 0. The Kier molecular flexibility index (Phi) is 5.25. The number of nitrogens with two attached hydrogens (primary N) is 1. The van der Waals surface area contributed by atoms with Crippen molar-refractivity contribution >= 4 is 17.8 Å². The second kappa shape index (κ2) is 6.23. The number of nitrogens with zero attached hydrogens (tertiary/aromatic N) is 1. The lowest BCUT2D eigenvalue weighted by Gasteiger charge is -2.32. The Balaban J connectivity index is 2.22. The number of hydrogen-bond donors (Lipinski definition) is 2. The van der Waals surface area contributed by atoms with Crippen LogP contribution < -0.4 is 11.1 Å². The fourth-order valence-electron chi connectivity index (χ4n) is 1.97. The Hall–Kier alpha value is -0.420. The summed E-state index contributed by atoms with van der Waals surface area (Å²) in [7, 11) is 0. The van der Waals surface area contributed by atoms with Crippen molar-refractivity contribution in [3.05, 3.63) is 0 Å². The van der Waals surface area contributed by atoms with E-state index in [4.69, 9.17) is 5.73 Å². The Morgan fingerprint density at radius 3 is 2.67 bits per heavy atom. The lowest BCUT2D eigenvalue weighted by molar-refractivity contribution is 0.183. The number of carbonyl (C=O) groups excluding carboxylic acids is 1. The molecule has 1 heterocycles. The smallest absolute Gasteiger partial charge is 0.314 e. The van der Waals surface area contributed by atoms with Crippen LogP contribution in [0.15, 0.2) is 0 Å². The molecule has 0 radical (unpaired) electrons. The predicted molar refractivity (Wildman–Crippen MR) is 65.2 cm³/mol. The molecule has 1 aliphatic heterocycles. The molecule has 15 heavy (non-hydrogen) atoms. The first-order valence-corrected chi connectivity index (χ1v) is 6.82. The van der Waals surface area contributed by atoms with Gasteiger partial charge in [-0.3, -0.25) is 0 Å². The van der Waals surface area contributed by atoms with E-state index in [0.29, 0.717) is 12.1 Å². The maximum atomic E-state index is 10.9. The minimum atomic E-state index is -0.286. The van der Waals surface area contributed by atoms with E-state index in [0.717, 1.165) is 31.7 Å². The zero-order valence-electron chi connectivity index (χ0n) is 9.53. The summed E-state index contributed by atoms with van der Waals surface area (Å²) in [5, 5.41) is 3.58. The number of primary amides is 1. The first-order chi connectivity index (χ1) is 7.13. The van der Waals surface area contributed by atoms with Gasteiger partial charge in [-0.1, -0.05) is 0 Å². The van der Waals surface area contributed by atoms with Crippen LogP contribution in [0.3, 0.4) is 0 Å². The minimum absolute atomic E-state index is 0.286. The summed E-state index contributed by atoms with van der Waals surface area (Å²) in [5.74, 6) is 1.13. The van der Waals surface area contributed by atoms with Crippen LogP contribution in [0.25, 0.3) is 0 Å². The number of nitrogens with one attached hydrogen (secondary N) is 1. The van der Waals surface area contributed by atoms with Crippen molar-refractivity contribution in [2.45, 2.75) is 31.8 Å². The lowest BCUT2D eigenvalue weighted by atomic mass is 10.0. The van der Waals surface area contributed by atoms with Gasteiger partial charge in [-0.2, -0.15) is 11.8 Å². The number of thioether (sulfide) groups is 1. The SMILES string of the molecule is CSCC(C)NC1CCN(C(N)=O)CC1. The Labute approximate surface area is 96.0 Å². The maximum Gasteiger partial charge on any atom is 0.314 e. The lowest BCUT2D eigenvalue weighted by Crippen LogP contribution is -2.49. The van der Waals surface area contributed by atoms with Gasteiger partial charge in [0, 0.05) is 30.9 Å². The number of urea groups is 1. The largest absolute Gasteiger partial charge is 0.351 e. The molecule has 4 nitrogen and oxygen atoms in total. The third kappa shape index (κ3) is 4.30. The zero-order valence-corrected chi connectivity index (χ0v) is 10.3. The van der Waals surface area contributed by atoms with Gasteiger partial charge in [0.05, 0.1) is 0 Å². The highest BCUT2D eigenvalue weighted by molar-refractivity contribution is 7.98. The molecule has 0 spiro atoms. The fourth-order valence-corrected chi connectivity index (χ4v) is 2.56. The van der Waals surface area contributed by atoms with Gasteiger partial charge in [0.25, 0.3) is 0 Å². The molecule has 0 bridgehead atoms. The van der Waals surface area contributed by atoms with Gasteiger partial charge in [-0.05, 0) is 26.0 Å². The predicted octanol–water partition coefficient (Wildman–Crippen LogP) is 0.871. The number of carbonyl (C=O) groups is 1. The average Bonchev–Trinajstić information content (AvgIpc) is 2.18. The van der Waals surface area contributed by atoms with Crippen LogP contribution in [-0.4, -0.2) is 48.1 Å². The third-order valence-electron chi connectivity index (χ3n) is 2.74. The van der Waals surface area contributed by atoms with Crippen LogP contribution in [0.5, 0.6) is 0 Å². The van der Waals surface area contributed by atoms with Gasteiger partial charge in [0.2, 0.25) is 0 Å². The molecule has 1 aliphatic rings. The van der Waals surface area contributed by atoms with Crippen LogP contribution in [-0.2, 0) is 0 Å².